The van der Waals surface area contributed by atoms with Gasteiger partial charge in [0.25, 0.3) is 5.91 Å². The molecule has 0 aliphatic heterocycles. The first kappa shape index (κ1) is 14.3. The van der Waals surface area contributed by atoms with Crippen molar-refractivity contribution in [2.45, 2.75) is 13.8 Å². The van der Waals surface area contributed by atoms with Gasteiger partial charge in [-0.25, -0.2) is 0 Å². The van der Waals surface area contributed by atoms with Crippen molar-refractivity contribution in [2.75, 3.05) is 11.9 Å². The highest BCUT2D eigenvalue weighted by Crippen LogP contribution is 2.20. The molecule has 1 aromatic heterocycles. The number of hydrogen-bond acceptors (Lipinski definition) is 3. The van der Waals surface area contributed by atoms with E-state index in [2.05, 4.69) is 10.3 Å². The number of carbonyl (C=O) groups excluding carboxylic acids is 1. The summed E-state index contributed by atoms with van der Waals surface area (Å²) in [7, 11) is 0. The van der Waals surface area contributed by atoms with E-state index in [1.54, 1.807) is 18.3 Å². The Morgan fingerprint density at radius 3 is 2.80 bits per heavy atom. The van der Waals surface area contributed by atoms with Crippen LogP contribution in [0.2, 0.25) is 0 Å². The summed E-state index contributed by atoms with van der Waals surface area (Å²) in [5, 5.41) is 2.73. The van der Waals surface area contributed by atoms with Crippen LogP contribution >= 0.6 is 12.2 Å². The van der Waals surface area contributed by atoms with Crippen molar-refractivity contribution in [2.24, 2.45) is 0 Å². The van der Waals surface area contributed by atoms with Crippen LogP contribution in [0.15, 0.2) is 36.5 Å². The molecule has 0 atom stereocenters. The Balaban J connectivity index is 1.94. The van der Waals surface area contributed by atoms with Crippen molar-refractivity contribution >= 4 is 23.8 Å². The quantitative estimate of drug-likeness (QED) is 0.848. The zero-order chi connectivity index (χ0) is 14.5. The Morgan fingerprint density at radius 2 is 2.10 bits per heavy atom. The average molecular weight is 288 g/mol. The molecule has 0 fully saturated rings. The van der Waals surface area contributed by atoms with Crippen molar-refractivity contribution in [3.63, 3.8) is 0 Å². The summed E-state index contributed by atoms with van der Waals surface area (Å²) < 4.78 is 6.15. The molecule has 0 aliphatic carbocycles. The lowest BCUT2D eigenvalue weighted by Gasteiger charge is -2.11. The van der Waals surface area contributed by atoms with Gasteiger partial charge in [-0.05, 0) is 43.2 Å². The lowest BCUT2D eigenvalue weighted by Crippen LogP contribution is -2.20. The number of pyridine rings is 1. The predicted molar refractivity (Wildman–Crippen MR) is 81.7 cm³/mol. The minimum Gasteiger partial charge on any atom is -0.483 e. The predicted octanol–water partition coefficient (Wildman–Crippen LogP) is 3.38. The third kappa shape index (κ3) is 3.68. The number of H-pyrrole nitrogens is 1. The Kier molecular flexibility index (Phi) is 4.53. The van der Waals surface area contributed by atoms with Crippen LogP contribution in [-0.4, -0.2) is 17.5 Å². The number of aryl methyl sites for hydroxylation is 1. The molecule has 1 amide bonds. The SMILES string of the molecule is Cc1cccc(OCC(=O)Nc2ccc(=S)[nH]c2)c1C. The standard InChI is InChI=1S/C15H16N2O2S/c1-10-4-3-5-13(11(10)2)19-9-14(18)17-12-6-7-15(20)16-8-12/h3-8H,9H2,1-2H3,(H,16,20)(H,17,18). The molecule has 0 radical (unpaired) electrons. The van der Waals surface area contributed by atoms with E-state index in [0.29, 0.717) is 10.3 Å². The number of carbonyl (C=O) groups is 1. The normalized spacial score (nSPS) is 10.1. The molecule has 1 aromatic carbocycles. The van der Waals surface area contributed by atoms with Crippen molar-refractivity contribution in [3.05, 3.63) is 52.3 Å². The highest BCUT2D eigenvalue weighted by Gasteiger charge is 2.06. The first-order valence-electron chi connectivity index (χ1n) is 6.24. The van der Waals surface area contributed by atoms with Crippen molar-refractivity contribution in [1.29, 1.82) is 0 Å². The molecule has 0 bridgehead atoms. The molecule has 2 N–H and O–H groups in total. The van der Waals surface area contributed by atoms with Gasteiger partial charge in [0, 0.05) is 6.20 Å². The van der Waals surface area contributed by atoms with E-state index < -0.39 is 0 Å². The smallest absolute Gasteiger partial charge is 0.262 e. The summed E-state index contributed by atoms with van der Waals surface area (Å²) in [5.74, 6) is 0.518. The Bertz CT molecular complexity index is 659. The third-order valence-electron chi connectivity index (χ3n) is 2.98. The van der Waals surface area contributed by atoms with E-state index in [4.69, 9.17) is 17.0 Å². The maximum absolute atomic E-state index is 11.8. The number of aromatic nitrogens is 1. The maximum atomic E-state index is 11.8. The van der Waals surface area contributed by atoms with E-state index >= 15 is 0 Å². The molecule has 0 saturated carbocycles. The van der Waals surface area contributed by atoms with E-state index in [-0.39, 0.29) is 12.5 Å². The molecule has 20 heavy (non-hydrogen) atoms. The molecule has 5 heteroatoms. The highest BCUT2D eigenvalue weighted by atomic mass is 32.1. The third-order valence-corrected chi connectivity index (χ3v) is 3.24. The number of anilines is 1. The van der Waals surface area contributed by atoms with Crippen molar-refractivity contribution < 1.29 is 9.53 Å². The summed E-state index contributed by atoms with van der Waals surface area (Å²) in [4.78, 5) is 14.6. The van der Waals surface area contributed by atoms with Gasteiger partial charge < -0.3 is 15.0 Å². The topological polar surface area (TPSA) is 54.1 Å². The summed E-state index contributed by atoms with van der Waals surface area (Å²) in [6, 6.07) is 9.24. The molecule has 104 valence electrons. The molecular weight excluding hydrogens is 272 g/mol. The lowest BCUT2D eigenvalue weighted by molar-refractivity contribution is -0.118. The second-order valence-corrected chi connectivity index (χ2v) is 4.92. The van der Waals surface area contributed by atoms with Gasteiger partial charge in [-0.1, -0.05) is 24.4 Å². The lowest BCUT2D eigenvalue weighted by atomic mass is 10.1. The summed E-state index contributed by atoms with van der Waals surface area (Å²) in [6.07, 6.45) is 1.65. The fourth-order valence-corrected chi connectivity index (χ4v) is 1.84. The number of aromatic amines is 1. The van der Waals surface area contributed by atoms with Crippen LogP contribution in [0.1, 0.15) is 11.1 Å². The van der Waals surface area contributed by atoms with Gasteiger partial charge in [0.1, 0.15) is 10.4 Å². The molecular formula is C15H16N2O2S. The summed E-state index contributed by atoms with van der Waals surface area (Å²) in [6.45, 7) is 3.95. The molecule has 2 rings (SSSR count). The maximum Gasteiger partial charge on any atom is 0.262 e. The monoisotopic (exact) mass is 288 g/mol. The Labute approximate surface area is 122 Å². The van der Waals surface area contributed by atoms with Gasteiger partial charge in [0.15, 0.2) is 6.61 Å². The minimum atomic E-state index is -0.212. The van der Waals surface area contributed by atoms with Gasteiger partial charge >= 0.3 is 0 Å². The van der Waals surface area contributed by atoms with Crippen molar-refractivity contribution in [1.82, 2.24) is 4.98 Å². The number of hydrogen-bond donors (Lipinski definition) is 2. The molecule has 2 aromatic rings. The van der Waals surface area contributed by atoms with Gasteiger partial charge in [-0.3, -0.25) is 4.79 Å². The fraction of sp³-hybridized carbons (Fsp3) is 0.200. The van der Waals surface area contributed by atoms with E-state index in [9.17, 15) is 4.79 Å². The summed E-state index contributed by atoms with van der Waals surface area (Å²) in [5.41, 5.74) is 2.84. The zero-order valence-corrected chi connectivity index (χ0v) is 12.2. The molecule has 1 heterocycles. The second kappa shape index (κ2) is 6.34. The molecule has 0 spiro atoms. The van der Waals surface area contributed by atoms with Crippen LogP contribution in [-0.2, 0) is 4.79 Å². The molecule has 0 aliphatic rings. The van der Waals surface area contributed by atoms with E-state index in [1.807, 2.05) is 32.0 Å². The minimum absolute atomic E-state index is 0.0279. The summed E-state index contributed by atoms with van der Waals surface area (Å²) >= 11 is 4.93. The van der Waals surface area contributed by atoms with Gasteiger partial charge in [0.2, 0.25) is 0 Å². The number of ether oxygens (including phenoxy) is 1. The van der Waals surface area contributed by atoms with E-state index in [0.717, 1.165) is 16.9 Å². The van der Waals surface area contributed by atoms with Crippen LogP contribution in [0.25, 0.3) is 0 Å². The number of rotatable bonds is 4. The largest absolute Gasteiger partial charge is 0.483 e. The Morgan fingerprint density at radius 1 is 1.30 bits per heavy atom. The second-order valence-electron chi connectivity index (χ2n) is 4.48. The zero-order valence-electron chi connectivity index (χ0n) is 11.4. The number of benzene rings is 1. The molecule has 0 saturated heterocycles. The highest BCUT2D eigenvalue weighted by molar-refractivity contribution is 7.71. The molecule has 0 unspecified atom stereocenters. The first-order valence-corrected chi connectivity index (χ1v) is 6.64. The first-order chi connectivity index (χ1) is 9.56. The number of nitrogens with one attached hydrogen (secondary N) is 2. The fourth-order valence-electron chi connectivity index (χ4n) is 1.71. The van der Waals surface area contributed by atoms with Crippen LogP contribution in [0.3, 0.4) is 0 Å². The van der Waals surface area contributed by atoms with Gasteiger partial charge in [0.05, 0.1) is 5.69 Å². The van der Waals surface area contributed by atoms with E-state index in [1.165, 1.54) is 0 Å². The van der Waals surface area contributed by atoms with Crippen LogP contribution in [0.4, 0.5) is 5.69 Å². The number of amides is 1. The van der Waals surface area contributed by atoms with Gasteiger partial charge in [-0.2, -0.15) is 0 Å². The van der Waals surface area contributed by atoms with Crippen LogP contribution < -0.4 is 10.1 Å². The Hall–Kier alpha value is -2.14. The van der Waals surface area contributed by atoms with Crippen molar-refractivity contribution in [3.8, 4) is 5.75 Å². The van der Waals surface area contributed by atoms with Crippen LogP contribution in [0.5, 0.6) is 5.75 Å². The average Bonchev–Trinajstić information content (AvgIpc) is 2.43. The van der Waals surface area contributed by atoms with Crippen LogP contribution in [0, 0.1) is 18.5 Å². The van der Waals surface area contributed by atoms with Gasteiger partial charge in [-0.15, -0.1) is 0 Å². The molecule has 4 nitrogen and oxygen atoms in total.